The van der Waals surface area contributed by atoms with Crippen molar-refractivity contribution in [1.82, 2.24) is 31.9 Å². The second-order valence-corrected chi connectivity index (χ2v) is 14.7. The lowest BCUT2D eigenvalue weighted by atomic mass is 9.82. The Morgan fingerprint density at radius 1 is 0.709 bits per heavy atom. The van der Waals surface area contributed by atoms with Crippen molar-refractivity contribution < 1.29 is 46.3 Å². The first-order valence-electron chi connectivity index (χ1n) is 17.5. The summed E-state index contributed by atoms with van der Waals surface area (Å²) in [5.74, 6) is -12.0. The zero-order valence-electron chi connectivity index (χ0n) is 32.3. The molecule has 2 aromatic rings. The van der Waals surface area contributed by atoms with E-state index in [0.717, 1.165) is 0 Å². The summed E-state index contributed by atoms with van der Waals surface area (Å²) in [4.78, 5) is 73.2. The van der Waals surface area contributed by atoms with Crippen LogP contribution in [0.1, 0.15) is 76.7 Å². The number of hydrogen-bond acceptors (Lipinski definition) is 8. The third-order valence-electron chi connectivity index (χ3n) is 7.96. The number of carbonyl (C=O) groups excluding carboxylic acids is 6. The standard InChI is InChI=1S/C30H46F4N8O6.C7H8/c1-15(2)9-16(41-19(45)12-37-17(43)10-35)27(47)39-11-18(44)38-13-20(46)42-30(5,6)8-7-29(3,4)14-40-28(48)21-22(31)24(33)26(36)25(34)23(21)32;1-7-5-3-2-4-6-7/h15-16H,7-14,35-36H2,1-6H3,(H,37,43)(H,38,44)(H,39,47)(H,40,48)(H,41,45)(H,42,46);2-6H,1H3. The average molecular weight is 783 g/mol. The van der Waals surface area contributed by atoms with Crippen molar-refractivity contribution in [2.75, 3.05) is 38.5 Å². The minimum absolute atomic E-state index is 0.00510. The third-order valence-corrected chi connectivity index (χ3v) is 7.96. The quantitative estimate of drug-likeness (QED) is 0.0633. The number of hydrogen-bond donors (Lipinski definition) is 8. The fourth-order valence-electron chi connectivity index (χ4n) is 4.74. The molecule has 2 aromatic carbocycles. The van der Waals surface area contributed by atoms with Gasteiger partial charge in [0.05, 0.1) is 26.2 Å². The molecule has 0 heterocycles. The predicted molar refractivity (Wildman–Crippen MR) is 199 cm³/mol. The number of rotatable bonds is 18. The van der Waals surface area contributed by atoms with E-state index in [2.05, 4.69) is 51.0 Å². The van der Waals surface area contributed by atoms with Crippen molar-refractivity contribution in [1.29, 1.82) is 0 Å². The number of amides is 6. The molecule has 55 heavy (non-hydrogen) atoms. The van der Waals surface area contributed by atoms with Gasteiger partial charge < -0.3 is 43.4 Å². The summed E-state index contributed by atoms with van der Waals surface area (Å²) in [6, 6.07) is 9.28. The summed E-state index contributed by atoms with van der Waals surface area (Å²) in [6.45, 7) is 10.9. The zero-order chi connectivity index (χ0) is 42.1. The van der Waals surface area contributed by atoms with E-state index in [9.17, 15) is 46.3 Å². The molecule has 10 N–H and O–H groups in total. The number of benzene rings is 2. The number of nitrogens with one attached hydrogen (secondary N) is 6. The van der Waals surface area contributed by atoms with Crippen LogP contribution in [0.4, 0.5) is 23.2 Å². The Labute approximate surface area is 318 Å². The van der Waals surface area contributed by atoms with E-state index >= 15 is 0 Å². The van der Waals surface area contributed by atoms with Gasteiger partial charge in [-0.2, -0.15) is 0 Å². The number of carbonyl (C=O) groups is 6. The van der Waals surface area contributed by atoms with Gasteiger partial charge in [-0.15, -0.1) is 0 Å². The van der Waals surface area contributed by atoms with Gasteiger partial charge in [-0.1, -0.05) is 63.6 Å². The topological polar surface area (TPSA) is 227 Å². The Hall–Kier alpha value is -5.26. The van der Waals surface area contributed by atoms with Crippen LogP contribution < -0.4 is 43.4 Å². The lowest BCUT2D eigenvalue weighted by Crippen LogP contribution is -2.52. The van der Waals surface area contributed by atoms with Crippen LogP contribution in [0.25, 0.3) is 0 Å². The highest BCUT2D eigenvalue weighted by Crippen LogP contribution is 2.28. The Kier molecular flexibility index (Phi) is 19.3. The molecule has 306 valence electrons. The number of nitrogens with two attached hydrogens (primary N) is 2. The highest BCUT2D eigenvalue weighted by molar-refractivity contribution is 5.95. The number of aryl methyl sites for hydroxylation is 1. The van der Waals surface area contributed by atoms with Crippen molar-refractivity contribution in [2.24, 2.45) is 17.1 Å². The molecular weight excluding hydrogens is 728 g/mol. The maximum Gasteiger partial charge on any atom is 0.257 e. The van der Waals surface area contributed by atoms with Gasteiger partial charge >= 0.3 is 0 Å². The first-order chi connectivity index (χ1) is 25.5. The largest absolute Gasteiger partial charge is 0.394 e. The molecule has 0 spiro atoms. The SMILES string of the molecule is CC(C)CC(NC(=O)CNC(=O)CN)C(=O)NCC(=O)NCC(=O)NC(C)(C)CCC(C)(C)CNC(=O)c1c(F)c(F)c(N)c(F)c1F.Cc1ccccc1. The van der Waals surface area contributed by atoms with Gasteiger partial charge in [0.25, 0.3) is 5.91 Å². The maximum absolute atomic E-state index is 14.1. The van der Waals surface area contributed by atoms with Crippen LogP contribution in [0.3, 0.4) is 0 Å². The van der Waals surface area contributed by atoms with Crippen LogP contribution in [0.5, 0.6) is 0 Å². The van der Waals surface area contributed by atoms with E-state index in [1.165, 1.54) is 5.56 Å². The van der Waals surface area contributed by atoms with Gasteiger partial charge in [0.15, 0.2) is 23.3 Å². The van der Waals surface area contributed by atoms with E-state index in [4.69, 9.17) is 11.5 Å². The molecule has 18 heteroatoms. The monoisotopic (exact) mass is 782 g/mol. The summed E-state index contributed by atoms with van der Waals surface area (Å²) < 4.78 is 55.8. The molecule has 0 aliphatic carbocycles. The normalized spacial score (nSPS) is 11.7. The highest BCUT2D eigenvalue weighted by atomic mass is 19.2. The van der Waals surface area contributed by atoms with Crippen LogP contribution in [-0.4, -0.2) is 79.7 Å². The zero-order valence-corrected chi connectivity index (χ0v) is 32.3. The van der Waals surface area contributed by atoms with Gasteiger partial charge in [-0.25, -0.2) is 17.6 Å². The van der Waals surface area contributed by atoms with Crippen molar-refractivity contribution in [2.45, 2.75) is 79.3 Å². The minimum Gasteiger partial charge on any atom is -0.394 e. The molecule has 0 bridgehead atoms. The fourth-order valence-corrected chi connectivity index (χ4v) is 4.74. The van der Waals surface area contributed by atoms with E-state index in [1.54, 1.807) is 27.7 Å². The molecule has 6 amide bonds. The molecular formula is C37H54F4N8O6. The Bertz CT molecular complexity index is 1630. The molecule has 0 saturated heterocycles. The van der Waals surface area contributed by atoms with Crippen molar-refractivity contribution in [3.05, 3.63) is 64.7 Å². The number of anilines is 1. The summed E-state index contributed by atoms with van der Waals surface area (Å²) in [7, 11) is 0. The summed E-state index contributed by atoms with van der Waals surface area (Å²) in [5, 5.41) is 14.6. The van der Waals surface area contributed by atoms with Gasteiger partial charge in [0.1, 0.15) is 17.3 Å². The van der Waals surface area contributed by atoms with Crippen LogP contribution in [0.2, 0.25) is 0 Å². The van der Waals surface area contributed by atoms with Gasteiger partial charge in [-0.05, 0) is 51.4 Å². The van der Waals surface area contributed by atoms with Gasteiger partial charge in [0.2, 0.25) is 29.5 Å². The van der Waals surface area contributed by atoms with Crippen molar-refractivity contribution >= 4 is 41.1 Å². The molecule has 0 aliphatic heterocycles. The average Bonchev–Trinajstić information content (AvgIpc) is 3.12. The van der Waals surface area contributed by atoms with E-state index in [1.807, 2.05) is 32.0 Å². The molecule has 2 rings (SSSR count). The smallest absolute Gasteiger partial charge is 0.257 e. The Balaban J connectivity index is 0.00000193. The number of nitrogen functional groups attached to an aromatic ring is 1. The van der Waals surface area contributed by atoms with Crippen LogP contribution >= 0.6 is 0 Å². The second kappa shape index (κ2) is 22.2. The van der Waals surface area contributed by atoms with Gasteiger partial charge in [0, 0.05) is 12.1 Å². The van der Waals surface area contributed by atoms with E-state index in [-0.39, 0.29) is 32.0 Å². The summed E-state index contributed by atoms with van der Waals surface area (Å²) >= 11 is 0. The van der Waals surface area contributed by atoms with E-state index in [0.29, 0.717) is 12.8 Å². The molecule has 1 unspecified atom stereocenters. The Morgan fingerprint density at radius 2 is 1.24 bits per heavy atom. The van der Waals surface area contributed by atoms with Crippen LogP contribution in [0, 0.1) is 41.5 Å². The molecule has 0 radical (unpaired) electrons. The van der Waals surface area contributed by atoms with E-state index < -0.39 is 100 Å². The lowest BCUT2D eigenvalue weighted by Gasteiger charge is -2.32. The first-order valence-corrected chi connectivity index (χ1v) is 17.5. The summed E-state index contributed by atoms with van der Waals surface area (Å²) in [5.41, 5.74) is 7.14. The van der Waals surface area contributed by atoms with Gasteiger partial charge in [-0.3, -0.25) is 28.8 Å². The lowest BCUT2D eigenvalue weighted by molar-refractivity contribution is -0.131. The highest BCUT2D eigenvalue weighted by Gasteiger charge is 2.31. The van der Waals surface area contributed by atoms with Crippen molar-refractivity contribution in [3.63, 3.8) is 0 Å². The Morgan fingerprint density at radius 3 is 1.75 bits per heavy atom. The maximum atomic E-state index is 14.1. The fraction of sp³-hybridized carbons (Fsp3) is 0.514. The molecule has 0 aliphatic rings. The van der Waals surface area contributed by atoms with Crippen molar-refractivity contribution in [3.8, 4) is 0 Å². The third kappa shape index (κ3) is 17.6. The molecule has 14 nitrogen and oxygen atoms in total. The second-order valence-electron chi connectivity index (χ2n) is 14.7. The number of halogens is 4. The molecule has 1 atom stereocenters. The minimum atomic E-state index is -1.91. The summed E-state index contributed by atoms with van der Waals surface area (Å²) in [6.07, 6.45) is 0.963. The van der Waals surface area contributed by atoms with Crippen LogP contribution in [-0.2, 0) is 24.0 Å². The molecule has 0 saturated carbocycles. The van der Waals surface area contributed by atoms with Crippen LogP contribution in [0.15, 0.2) is 30.3 Å². The molecule has 0 fully saturated rings. The molecule has 0 aromatic heterocycles. The predicted octanol–water partition coefficient (Wildman–Crippen LogP) is 2.09. The first kappa shape index (κ1) is 47.8.